The Balaban J connectivity index is 2.20. The minimum atomic E-state index is 0.597. The lowest BCUT2D eigenvalue weighted by Gasteiger charge is -2.16. The van der Waals surface area contributed by atoms with Gasteiger partial charge in [-0.25, -0.2) is 0 Å². The molecule has 3 aliphatic rings. The first kappa shape index (κ1) is 6.24. The number of rotatable bonds is 0. The van der Waals surface area contributed by atoms with Crippen molar-refractivity contribution < 1.29 is 0 Å². The van der Waals surface area contributed by atoms with Crippen molar-refractivity contribution >= 4 is 0 Å². The highest BCUT2D eigenvalue weighted by molar-refractivity contribution is 5.61. The average Bonchev–Trinajstić information content (AvgIpc) is 2.71. The molecule has 1 unspecified atom stereocenters. The fourth-order valence-corrected chi connectivity index (χ4v) is 2.14. The molecule has 3 rings (SSSR count). The molecule has 0 heteroatoms. The van der Waals surface area contributed by atoms with E-state index in [1.54, 1.807) is 5.57 Å². The van der Waals surface area contributed by atoms with Crippen molar-refractivity contribution in [2.45, 2.75) is 6.42 Å². The molecule has 0 spiro atoms. The van der Waals surface area contributed by atoms with Gasteiger partial charge in [0, 0.05) is 5.92 Å². The molecule has 0 saturated carbocycles. The molecule has 0 saturated heterocycles. The second kappa shape index (κ2) is 2.10. The van der Waals surface area contributed by atoms with Crippen LogP contribution in [0.3, 0.4) is 0 Å². The van der Waals surface area contributed by atoms with Crippen LogP contribution in [0.4, 0.5) is 0 Å². The lowest BCUT2D eigenvalue weighted by Crippen LogP contribution is -2.01. The first-order chi connectivity index (χ1) is 5.95. The lowest BCUT2D eigenvalue weighted by molar-refractivity contribution is 0.951. The number of fused-ring (bicyclic) bond motifs is 2. The summed E-state index contributed by atoms with van der Waals surface area (Å²) in [6.07, 6.45) is 16.8. The van der Waals surface area contributed by atoms with E-state index in [4.69, 9.17) is 0 Å². The van der Waals surface area contributed by atoms with Crippen molar-refractivity contribution in [3.63, 3.8) is 0 Å². The van der Waals surface area contributed by atoms with Crippen LogP contribution in [-0.4, -0.2) is 0 Å². The van der Waals surface area contributed by atoms with E-state index in [1.807, 2.05) is 0 Å². The van der Waals surface area contributed by atoms with Gasteiger partial charge in [0.15, 0.2) is 0 Å². The molecule has 0 N–H and O–H groups in total. The fourth-order valence-electron chi connectivity index (χ4n) is 2.14. The number of hydrogen-bond acceptors (Lipinski definition) is 0. The van der Waals surface area contributed by atoms with Crippen molar-refractivity contribution in [2.75, 3.05) is 0 Å². The molecule has 0 aromatic heterocycles. The Kier molecular flexibility index (Phi) is 1.09. The normalized spacial score (nSPS) is 29.3. The topological polar surface area (TPSA) is 0 Å². The van der Waals surface area contributed by atoms with E-state index >= 15 is 0 Å². The predicted octanol–water partition coefficient (Wildman–Crippen LogP) is 2.93. The Hall–Kier alpha value is -1.30. The quantitative estimate of drug-likeness (QED) is 0.470. The van der Waals surface area contributed by atoms with Gasteiger partial charge < -0.3 is 0 Å². The second-order valence-corrected chi connectivity index (χ2v) is 3.44. The summed E-state index contributed by atoms with van der Waals surface area (Å²) >= 11 is 0. The predicted molar refractivity (Wildman–Crippen MR) is 50.6 cm³/mol. The molecule has 3 aliphatic carbocycles. The van der Waals surface area contributed by atoms with Gasteiger partial charge in [-0.2, -0.15) is 0 Å². The monoisotopic (exact) mass is 154 g/mol. The third kappa shape index (κ3) is 0.672. The molecule has 1 atom stereocenters. The van der Waals surface area contributed by atoms with Crippen LogP contribution >= 0.6 is 0 Å². The van der Waals surface area contributed by atoms with Crippen LogP contribution in [0.25, 0.3) is 0 Å². The van der Waals surface area contributed by atoms with Crippen LogP contribution in [-0.2, 0) is 0 Å². The van der Waals surface area contributed by atoms with Gasteiger partial charge in [-0.1, -0.05) is 42.5 Å². The highest BCUT2D eigenvalue weighted by Gasteiger charge is 2.22. The summed E-state index contributed by atoms with van der Waals surface area (Å²) in [6, 6.07) is 0. The van der Waals surface area contributed by atoms with Gasteiger partial charge in [0.2, 0.25) is 0 Å². The molecule has 58 valence electrons. The standard InChI is InChI=1S/C12H10/c1-3-9-7-8-10-4-2-6-12(10)11(9)5-1/h1-5,7-8,10H,6H2. The van der Waals surface area contributed by atoms with E-state index in [9.17, 15) is 0 Å². The molecule has 0 radical (unpaired) electrons. The van der Waals surface area contributed by atoms with E-state index in [0.717, 1.165) is 6.42 Å². The molecule has 0 nitrogen and oxygen atoms in total. The van der Waals surface area contributed by atoms with Gasteiger partial charge in [0.05, 0.1) is 0 Å². The smallest absolute Gasteiger partial charge is 0.0173 e. The summed E-state index contributed by atoms with van der Waals surface area (Å²) in [7, 11) is 0. The van der Waals surface area contributed by atoms with E-state index in [-0.39, 0.29) is 0 Å². The number of allylic oxidation sites excluding steroid dienone is 10. The molecule has 0 aromatic carbocycles. The molecular formula is C12H10. The van der Waals surface area contributed by atoms with Crippen molar-refractivity contribution in [3.05, 3.63) is 59.3 Å². The summed E-state index contributed by atoms with van der Waals surface area (Å²) in [5, 5.41) is 0. The summed E-state index contributed by atoms with van der Waals surface area (Å²) in [5.41, 5.74) is 4.44. The molecule has 0 aromatic rings. The summed E-state index contributed by atoms with van der Waals surface area (Å²) in [6.45, 7) is 0. The average molecular weight is 154 g/mol. The summed E-state index contributed by atoms with van der Waals surface area (Å²) < 4.78 is 0. The van der Waals surface area contributed by atoms with Gasteiger partial charge in [0.1, 0.15) is 0 Å². The second-order valence-electron chi connectivity index (χ2n) is 3.44. The fraction of sp³-hybridized carbons (Fsp3) is 0.167. The molecule has 12 heavy (non-hydrogen) atoms. The van der Waals surface area contributed by atoms with Crippen LogP contribution in [0.5, 0.6) is 0 Å². The highest BCUT2D eigenvalue weighted by Crippen LogP contribution is 2.38. The summed E-state index contributed by atoms with van der Waals surface area (Å²) in [4.78, 5) is 0. The largest absolute Gasteiger partial charge is 0.0835 e. The van der Waals surface area contributed by atoms with Crippen LogP contribution in [0, 0.1) is 5.92 Å². The van der Waals surface area contributed by atoms with E-state index in [2.05, 4.69) is 42.5 Å². The molecule has 0 fully saturated rings. The van der Waals surface area contributed by atoms with E-state index < -0.39 is 0 Å². The van der Waals surface area contributed by atoms with Gasteiger partial charge in [-0.05, 0) is 23.1 Å². The van der Waals surface area contributed by atoms with Crippen LogP contribution in [0.1, 0.15) is 6.42 Å². The molecule has 0 heterocycles. The molecule has 0 bridgehead atoms. The minimum absolute atomic E-state index is 0.597. The Labute approximate surface area is 72.3 Å². The Morgan fingerprint density at radius 3 is 3.17 bits per heavy atom. The van der Waals surface area contributed by atoms with E-state index in [1.165, 1.54) is 11.1 Å². The maximum absolute atomic E-state index is 2.29. The Morgan fingerprint density at radius 1 is 1.17 bits per heavy atom. The van der Waals surface area contributed by atoms with Crippen molar-refractivity contribution in [2.24, 2.45) is 5.92 Å². The van der Waals surface area contributed by atoms with E-state index in [0.29, 0.717) is 5.92 Å². The van der Waals surface area contributed by atoms with Crippen LogP contribution < -0.4 is 0 Å². The number of hydrogen-bond donors (Lipinski definition) is 0. The first-order valence-electron chi connectivity index (χ1n) is 4.42. The maximum Gasteiger partial charge on any atom is 0.0173 e. The molecule has 0 amide bonds. The van der Waals surface area contributed by atoms with Crippen molar-refractivity contribution in [1.82, 2.24) is 0 Å². The third-order valence-electron chi connectivity index (χ3n) is 2.76. The zero-order valence-electron chi connectivity index (χ0n) is 6.83. The Morgan fingerprint density at radius 2 is 2.17 bits per heavy atom. The first-order valence-corrected chi connectivity index (χ1v) is 4.42. The minimum Gasteiger partial charge on any atom is -0.0835 e. The van der Waals surface area contributed by atoms with Crippen molar-refractivity contribution in [3.8, 4) is 0 Å². The SMILES string of the molecule is C1=CC2=C3CC=CC3C=CC2=C1. The van der Waals surface area contributed by atoms with Crippen molar-refractivity contribution in [1.29, 1.82) is 0 Å². The van der Waals surface area contributed by atoms with Gasteiger partial charge in [-0.15, -0.1) is 0 Å². The van der Waals surface area contributed by atoms with Crippen LogP contribution in [0.15, 0.2) is 59.3 Å². The molecular weight excluding hydrogens is 144 g/mol. The Bertz CT molecular complexity index is 373. The highest BCUT2D eigenvalue weighted by atomic mass is 14.3. The van der Waals surface area contributed by atoms with Crippen LogP contribution in [0.2, 0.25) is 0 Å². The zero-order valence-corrected chi connectivity index (χ0v) is 6.83. The van der Waals surface area contributed by atoms with Gasteiger partial charge in [-0.3, -0.25) is 0 Å². The summed E-state index contributed by atoms with van der Waals surface area (Å²) in [5.74, 6) is 0.597. The molecule has 0 aliphatic heterocycles. The maximum atomic E-state index is 2.29. The third-order valence-corrected chi connectivity index (χ3v) is 2.76. The lowest BCUT2D eigenvalue weighted by atomic mass is 9.88. The van der Waals surface area contributed by atoms with Gasteiger partial charge in [0.25, 0.3) is 0 Å². The van der Waals surface area contributed by atoms with Gasteiger partial charge >= 0.3 is 0 Å². The zero-order chi connectivity index (χ0) is 7.97.